The molecule has 3 rings (SSSR count). The lowest BCUT2D eigenvalue weighted by molar-refractivity contribution is -0.136. The van der Waals surface area contributed by atoms with Gasteiger partial charge in [0, 0.05) is 38.4 Å². The van der Waals surface area contributed by atoms with E-state index < -0.39 is 6.04 Å². The average Bonchev–Trinajstić information content (AvgIpc) is 3.35. The molecule has 3 amide bonds. The summed E-state index contributed by atoms with van der Waals surface area (Å²) in [7, 11) is 0. The Hall–Kier alpha value is -3.20. The zero-order chi connectivity index (χ0) is 24.3. The predicted molar refractivity (Wildman–Crippen MR) is 135 cm³/mol. The number of nitrogens with zero attached hydrogens (tertiary/aromatic N) is 3. The SMILES string of the molecule is C=CC(=O)NCCCC[C@H](NC(=O)Cc1ccsc1)C(=O)N1CCN(c2cccc(C)n2)CC1. The summed E-state index contributed by atoms with van der Waals surface area (Å²) < 4.78 is 0. The van der Waals surface area contributed by atoms with Gasteiger partial charge < -0.3 is 20.4 Å². The highest BCUT2D eigenvalue weighted by Crippen LogP contribution is 2.16. The van der Waals surface area contributed by atoms with Crippen molar-refractivity contribution in [2.45, 2.75) is 38.6 Å². The van der Waals surface area contributed by atoms with E-state index in [1.165, 1.54) is 6.08 Å². The number of anilines is 1. The van der Waals surface area contributed by atoms with Crippen molar-refractivity contribution in [3.8, 4) is 0 Å². The van der Waals surface area contributed by atoms with Crippen LogP contribution in [-0.4, -0.2) is 66.4 Å². The molecule has 9 heteroatoms. The normalized spacial score (nSPS) is 14.4. The molecule has 2 aromatic rings. The Morgan fingerprint density at radius 2 is 1.97 bits per heavy atom. The second-order valence-electron chi connectivity index (χ2n) is 8.37. The molecular weight excluding hydrogens is 450 g/mol. The van der Waals surface area contributed by atoms with Crippen LogP contribution in [0.1, 0.15) is 30.5 Å². The van der Waals surface area contributed by atoms with Crippen molar-refractivity contribution >= 4 is 34.9 Å². The van der Waals surface area contributed by atoms with Crippen LogP contribution in [-0.2, 0) is 20.8 Å². The second kappa shape index (κ2) is 12.9. The van der Waals surface area contributed by atoms with Crippen molar-refractivity contribution in [2.75, 3.05) is 37.6 Å². The minimum Gasteiger partial charge on any atom is -0.353 e. The molecule has 0 aliphatic carbocycles. The molecule has 1 aliphatic heterocycles. The van der Waals surface area contributed by atoms with Crippen molar-refractivity contribution in [2.24, 2.45) is 0 Å². The topological polar surface area (TPSA) is 94.6 Å². The number of aryl methyl sites for hydroxylation is 1. The first-order valence-corrected chi connectivity index (χ1v) is 12.6. The van der Waals surface area contributed by atoms with Gasteiger partial charge >= 0.3 is 0 Å². The van der Waals surface area contributed by atoms with E-state index in [-0.39, 0.29) is 24.1 Å². The highest BCUT2D eigenvalue weighted by Gasteiger charge is 2.28. The quantitative estimate of drug-likeness (QED) is 0.378. The first-order chi connectivity index (χ1) is 16.5. The number of rotatable bonds is 11. The third-order valence-corrected chi connectivity index (χ3v) is 6.50. The van der Waals surface area contributed by atoms with Gasteiger partial charge in [-0.2, -0.15) is 11.3 Å². The Labute approximate surface area is 205 Å². The van der Waals surface area contributed by atoms with Crippen LogP contribution >= 0.6 is 11.3 Å². The number of nitrogens with one attached hydrogen (secondary N) is 2. The van der Waals surface area contributed by atoms with E-state index in [1.807, 2.05) is 46.8 Å². The number of aromatic nitrogens is 1. The van der Waals surface area contributed by atoms with Gasteiger partial charge in [0.15, 0.2) is 0 Å². The zero-order valence-electron chi connectivity index (χ0n) is 19.7. The number of pyridine rings is 1. The molecule has 0 aromatic carbocycles. The van der Waals surface area contributed by atoms with E-state index in [9.17, 15) is 14.4 Å². The molecule has 1 atom stereocenters. The number of hydrogen-bond acceptors (Lipinski definition) is 6. The maximum absolute atomic E-state index is 13.3. The van der Waals surface area contributed by atoms with E-state index in [4.69, 9.17) is 0 Å². The summed E-state index contributed by atoms with van der Waals surface area (Å²) in [6.07, 6.45) is 3.45. The van der Waals surface area contributed by atoms with E-state index >= 15 is 0 Å². The lowest BCUT2D eigenvalue weighted by atomic mass is 10.1. The molecule has 0 unspecified atom stereocenters. The Balaban J connectivity index is 1.55. The minimum atomic E-state index is -0.579. The standard InChI is InChI=1S/C25H33N5O3S/c1-3-23(31)26-11-5-4-8-21(28-24(32)17-20-10-16-34-18-20)25(33)30-14-12-29(13-15-30)22-9-6-7-19(2)27-22/h3,6-7,9-10,16,18,21H,1,4-5,8,11-15,17H2,2H3,(H,26,31)(H,28,32)/t21-/m0/s1. The van der Waals surface area contributed by atoms with Crippen molar-refractivity contribution < 1.29 is 14.4 Å². The van der Waals surface area contributed by atoms with Crippen LogP contribution < -0.4 is 15.5 Å². The van der Waals surface area contributed by atoms with Crippen molar-refractivity contribution in [3.05, 3.63) is 58.9 Å². The molecule has 1 fully saturated rings. The number of amides is 3. The van der Waals surface area contributed by atoms with Crippen molar-refractivity contribution in [3.63, 3.8) is 0 Å². The number of piperazine rings is 1. The highest BCUT2D eigenvalue weighted by atomic mass is 32.1. The molecule has 1 saturated heterocycles. The summed E-state index contributed by atoms with van der Waals surface area (Å²) in [5, 5.41) is 9.58. The molecule has 0 bridgehead atoms. The van der Waals surface area contributed by atoms with Crippen LogP contribution in [0.3, 0.4) is 0 Å². The molecule has 0 spiro atoms. The summed E-state index contributed by atoms with van der Waals surface area (Å²) in [4.78, 5) is 45.9. The number of carbonyl (C=O) groups is 3. The van der Waals surface area contributed by atoms with Gasteiger partial charge in [-0.05, 0) is 66.8 Å². The van der Waals surface area contributed by atoms with E-state index in [1.54, 1.807) is 11.3 Å². The maximum atomic E-state index is 13.3. The third-order valence-electron chi connectivity index (χ3n) is 5.77. The maximum Gasteiger partial charge on any atom is 0.245 e. The summed E-state index contributed by atoms with van der Waals surface area (Å²) in [6, 6.07) is 7.29. The molecule has 2 N–H and O–H groups in total. The minimum absolute atomic E-state index is 0.0503. The smallest absolute Gasteiger partial charge is 0.245 e. The Bertz CT molecular complexity index is 971. The molecule has 1 aliphatic rings. The van der Waals surface area contributed by atoms with Crippen LogP contribution in [0, 0.1) is 6.92 Å². The summed E-state index contributed by atoms with van der Waals surface area (Å²) in [5.74, 6) is 0.511. The highest BCUT2D eigenvalue weighted by molar-refractivity contribution is 7.08. The second-order valence-corrected chi connectivity index (χ2v) is 9.15. The van der Waals surface area contributed by atoms with E-state index in [0.29, 0.717) is 45.6 Å². The number of carbonyl (C=O) groups excluding carboxylic acids is 3. The molecule has 3 heterocycles. The lowest BCUT2D eigenvalue weighted by Crippen LogP contribution is -2.55. The first kappa shape index (κ1) is 25.4. The van der Waals surface area contributed by atoms with Gasteiger partial charge in [-0.1, -0.05) is 12.6 Å². The van der Waals surface area contributed by atoms with Gasteiger partial charge in [0.05, 0.1) is 6.42 Å². The molecule has 0 saturated carbocycles. The fourth-order valence-corrected chi connectivity index (χ4v) is 4.59. The Morgan fingerprint density at radius 3 is 2.65 bits per heavy atom. The summed E-state index contributed by atoms with van der Waals surface area (Å²) in [6.45, 7) is 8.48. The lowest BCUT2D eigenvalue weighted by Gasteiger charge is -2.37. The number of hydrogen-bond donors (Lipinski definition) is 2. The Kier molecular flexibility index (Phi) is 9.63. The molecule has 34 heavy (non-hydrogen) atoms. The van der Waals surface area contributed by atoms with Gasteiger partial charge in [-0.25, -0.2) is 4.98 Å². The molecular formula is C25H33N5O3S. The fourth-order valence-electron chi connectivity index (χ4n) is 3.92. The van der Waals surface area contributed by atoms with Gasteiger partial charge in [0.2, 0.25) is 17.7 Å². The van der Waals surface area contributed by atoms with Gasteiger partial charge in [-0.15, -0.1) is 0 Å². The van der Waals surface area contributed by atoms with Crippen LogP contribution in [0.5, 0.6) is 0 Å². The summed E-state index contributed by atoms with van der Waals surface area (Å²) in [5.41, 5.74) is 1.91. The monoisotopic (exact) mass is 483 g/mol. The predicted octanol–water partition coefficient (Wildman–Crippen LogP) is 2.30. The third kappa shape index (κ3) is 7.69. The number of unbranched alkanes of at least 4 members (excludes halogenated alkanes) is 1. The van der Waals surface area contributed by atoms with Gasteiger partial charge in [-0.3, -0.25) is 14.4 Å². The van der Waals surface area contributed by atoms with Gasteiger partial charge in [0.1, 0.15) is 11.9 Å². The van der Waals surface area contributed by atoms with E-state index in [0.717, 1.165) is 23.5 Å². The van der Waals surface area contributed by atoms with Crippen molar-refractivity contribution in [1.82, 2.24) is 20.5 Å². The van der Waals surface area contributed by atoms with Crippen LogP contribution in [0.2, 0.25) is 0 Å². The van der Waals surface area contributed by atoms with Crippen LogP contribution in [0.15, 0.2) is 47.7 Å². The molecule has 182 valence electrons. The molecule has 0 radical (unpaired) electrons. The van der Waals surface area contributed by atoms with E-state index in [2.05, 4.69) is 27.1 Å². The summed E-state index contributed by atoms with van der Waals surface area (Å²) >= 11 is 1.55. The largest absolute Gasteiger partial charge is 0.353 e. The van der Waals surface area contributed by atoms with Crippen molar-refractivity contribution in [1.29, 1.82) is 0 Å². The molecule has 8 nitrogen and oxygen atoms in total. The Morgan fingerprint density at radius 1 is 1.18 bits per heavy atom. The van der Waals surface area contributed by atoms with Crippen LogP contribution in [0.25, 0.3) is 0 Å². The van der Waals surface area contributed by atoms with Gasteiger partial charge in [0.25, 0.3) is 0 Å². The average molecular weight is 484 g/mol. The molecule has 2 aromatic heterocycles. The van der Waals surface area contributed by atoms with Crippen LogP contribution in [0.4, 0.5) is 5.82 Å². The number of thiophene rings is 1. The fraction of sp³-hybridized carbons (Fsp3) is 0.440. The first-order valence-electron chi connectivity index (χ1n) is 11.6. The zero-order valence-corrected chi connectivity index (χ0v) is 20.5.